The van der Waals surface area contributed by atoms with Gasteiger partial charge in [-0.25, -0.2) is 17.7 Å². The van der Waals surface area contributed by atoms with Crippen LogP contribution in [0.2, 0.25) is 0 Å². The SMILES string of the molecule is CCS(=O)(=O)N1CCC(C2CNc3c(C(N)=O)cc(-c4ccc(N(C)C)nc4)cc32)CC1. The first-order chi connectivity index (χ1) is 15.2. The molecular formula is C23H31N5O3S. The number of benzene rings is 1. The monoisotopic (exact) mass is 457 g/mol. The number of sulfonamides is 1. The lowest BCUT2D eigenvalue weighted by Gasteiger charge is -2.34. The third-order valence-electron chi connectivity index (χ3n) is 6.70. The average Bonchev–Trinajstić information content (AvgIpc) is 3.22. The molecule has 0 bridgehead atoms. The summed E-state index contributed by atoms with van der Waals surface area (Å²) in [5, 5.41) is 3.40. The molecular weight excluding hydrogens is 426 g/mol. The van der Waals surface area contributed by atoms with Gasteiger partial charge in [0.2, 0.25) is 10.0 Å². The summed E-state index contributed by atoms with van der Waals surface area (Å²) >= 11 is 0. The van der Waals surface area contributed by atoms with Crippen LogP contribution in [-0.4, -0.2) is 63.1 Å². The van der Waals surface area contributed by atoms with E-state index in [1.54, 1.807) is 11.2 Å². The highest BCUT2D eigenvalue weighted by Gasteiger charge is 2.36. The Morgan fingerprint density at radius 3 is 2.50 bits per heavy atom. The summed E-state index contributed by atoms with van der Waals surface area (Å²) in [6.45, 7) is 3.50. The summed E-state index contributed by atoms with van der Waals surface area (Å²) in [6, 6.07) is 7.92. The lowest BCUT2D eigenvalue weighted by molar-refractivity contribution is 0.100. The number of nitrogens with zero attached hydrogens (tertiary/aromatic N) is 3. The maximum atomic E-state index is 12.2. The zero-order chi connectivity index (χ0) is 23.0. The van der Waals surface area contributed by atoms with E-state index < -0.39 is 15.9 Å². The molecule has 2 aliphatic rings. The Bertz CT molecular complexity index is 1110. The Hall–Kier alpha value is -2.65. The fraction of sp³-hybridized carbons (Fsp3) is 0.478. The molecule has 4 rings (SSSR count). The second-order valence-electron chi connectivity index (χ2n) is 8.78. The van der Waals surface area contributed by atoms with Gasteiger partial charge in [0.25, 0.3) is 5.91 Å². The van der Waals surface area contributed by atoms with Crippen molar-refractivity contribution in [1.82, 2.24) is 9.29 Å². The number of anilines is 2. The molecule has 1 saturated heterocycles. The lowest BCUT2D eigenvalue weighted by atomic mass is 9.80. The zero-order valence-electron chi connectivity index (χ0n) is 18.8. The van der Waals surface area contributed by atoms with Crippen LogP contribution >= 0.6 is 0 Å². The van der Waals surface area contributed by atoms with Crippen LogP contribution in [0.4, 0.5) is 11.5 Å². The number of aromatic nitrogens is 1. The minimum Gasteiger partial charge on any atom is -0.384 e. The molecule has 1 unspecified atom stereocenters. The molecule has 3 N–H and O–H groups in total. The first kappa shape index (κ1) is 22.5. The number of fused-ring (bicyclic) bond motifs is 1. The second kappa shape index (κ2) is 8.71. The van der Waals surface area contributed by atoms with Crippen LogP contribution in [0.15, 0.2) is 30.5 Å². The van der Waals surface area contributed by atoms with Crippen molar-refractivity contribution in [2.24, 2.45) is 11.7 Å². The molecule has 0 spiro atoms. The number of carbonyl (C=O) groups is 1. The molecule has 172 valence electrons. The van der Waals surface area contributed by atoms with Gasteiger partial charge in [0.1, 0.15) is 5.82 Å². The number of pyridine rings is 1. The van der Waals surface area contributed by atoms with Crippen molar-refractivity contribution in [1.29, 1.82) is 0 Å². The summed E-state index contributed by atoms with van der Waals surface area (Å²) in [4.78, 5) is 18.7. The summed E-state index contributed by atoms with van der Waals surface area (Å²) in [5.74, 6) is 1.09. The van der Waals surface area contributed by atoms with Gasteiger partial charge in [-0.2, -0.15) is 0 Å². The number of carbonyl (C=O) groups excluding carboxylic acids is 1. The second-order valence-corrected chi connectivity index (χ2v) is 11.0. The number of primary amides is 1. The molecule has 32 heavy (non-hydrogen) atoms. The topological polar surface area (TPSA) is 109 Å². The van der Waals surface area contributed by atoms with Gasteiger partial charge in [-0.15, -0.1) is 0 Å². The van der Waals surface area contributed by atoms with Crippen LogP contribution in [0.3, 0.4) is 0 Å². The van der Waals surface area contributed by atoms with Crippen LogP contribution in [0.1, 0.15) is 41.6 Å². The standard InChI is InChI=1S/C23H31N5O3S/c1-4-32(30,31)28-9-7-15(8-10-28)20-14-26-22-18(20)11-17(12-19(22)23(24)29)16-5-6-21(25-13-16)27(2)3/h5-6,11-13,15,20,26H,4,7-10,14H2,1-3H3,(H2,24,29). The van der Waals surface area contributed by atoms with Gasteiger partial charge < -0.3 is 16.0 Å². The lowest BCUT2D eigenvalue weighted by Crippen LogP contribution is -2.40. The number of nitrogens with one attached hydrogen (secondary N) is 1. The third-order valence-corrected chi connectivity index (χ3v) is 8.58. The van der Waals surface area contributed by atoms with Crippen molar-refractivity contribution >= 4 is 27.4 Å². The molecule has 1 fully saturated rings. The van der Waals surface area contributed by atoms with E-state index in [1.165, 1.54) is 0 Å². The maximum absolute atomic E-state index is 12.2. The Labute approximate surface area is 189 Å². The molecule has 1 aromatic heterocycles. The third kappa shape index (κ3) is 4.19. The molecule has 2 aromatic rings. The summed E-state index contributed by atoms with van der Waals surface area (Å²) < 4.78 is 26.0. The first-order valence-electron chi connectivity index (χ1n) is 11.0. The summed E-state index contributed by atoms with van der Waals surface area (Å²) in [5.41, 5.74) is 9.96. The minimum atomic E-state index is -3.15. The van der Waals surface area contributed by atoms with Crippen LogP contribution in [-0.2, 0) is 10.0 Å². The number of nitrogens with two attached hydrogens (primary N) is 1. The molecule has 8 nitrogen and oxygen atoms in total. The number of piperidine rings is 1. The van der Waals surface area contributed by atoms with Crippen LogP contribution in [0, 0.1) is 5.92 Å². The van der Waals surface area contributed by atoms with Gasteiger partial charge in [0, 0.05) is 51.4 Å². The van der Waals surface area contributed by atoms with Crippen molar-refractivity contribution in [2.75, 3.05) is 49.7 Å². The van der Waals surface area contributed by atoms with Crippen LogP contribution in [0.5, 0.6) is 0 Å². The summed E-state index contributed by atoms with van der Waals surface area (Å²) in [6.07, 6.45) is 3.42. The molecule has 0 aliphatic carbocycles. The highest BCUT2D eigenvalue weighted by atomic mass is 32.2. The summed E-state index contributed by atoms with van der Waals surface area (Å²) in [7, 11) is 0.728. The van der Waals surface area contributed by atoms with Gasteiger partial charge in [-0.1, -0.05) is 0 Å². The Morgan fingerprint density at radius 1 is 1.22 bits per heavy atom. The largest absolute Gasteiger partial charge is 0.384 e. The quantitative estimate of drug-likeness (QED) is 0.690. The number of rotatable bonds is 6. The zero-order valence-corrected chi connectivity index (χ0v) is 19.7. The Kier molecular flexibility index (Phi) is 6.13. The smallest absolute Gasteiger partial charge is 0.250 e. The Morgan fingerprint density at radius 2 is 1.94 bits per heavy atom. The number of hydrogen-bond donors (Lipinski definition) is 2. The van der Waals surface area contributed by atoms with E-state index in [9.17, 15) is 13.2 Å². The van der Waals surface area contributed by atoms with E-state index >= 15 is 0 Å². The van der Waals surface area contributed by atoms with E-state index in [0.29, 0.717) is 24.6 Å². The van der Waals surface area contributed by atoms with Crippen molar-refractivity contribution in [3.8, 4) is 11.1 Å². The predicted octanol–water partition coefficient (Wildman–Crippen LogP) is 2.48. The van der Waals surface area contributed by atoms with Crippen LogP contribution in [0.25, 0.3) is 11.1 Å². The molecule has 1 aromatic carbocycles. The minimum absolute atomic E-state index is 0.136. The van der Waals surface area contributed by atoms with Crippen molar-refractivity contribution in [3.63, 3.8) is 0 Å². The van der Waals surface area contributed by atoms with Crippen LogP contribution < -0.4 is 16.0 Å². The fourth-order valence-electron chi connectivity index (χ4n) is 4.82. The molecule has 1 amide bonds. The van der Waals surface area contributed by atoms with E-state index in [2.05, 4.69) is 16.4 Å². The van der Waals surface area contributed by atoms with E-state index in [1.807, 2.05) is 43.4 Å². The fourth-order valence-corrected chi connectivity index (χ4v) is 5.95. The van der Waals surface area contributed by atoms with E-state index in [-0.39, 0.29) is 11.7 Å². The van der Waals surface area contributed by atoms with E-state index in [4.69, 9.17) is 5.73 Å². The number of amides is 1. The van der Waals surface area contributed by atoms with Gasteiger partial charge in [0.15, 0.2) is 0 Å². The number of hydrogen-bond acceptors (Lipinski definition) is 6. The van der Waals surface area contributed by atoms with Gasteiger partial charge in [-0.05, 0) is 61.1 Å². The molecule has 9 heteroatoms. The van der Waals surface area contributed by atoms with Gasteiger partial charge in [0.05, 0.1) is 17.0 Å². The van der Waals surface area contributed by atoms with Crippen molar-refractivity contribution < 1.29 is 13.2 Å². The highest BCUT2D eigenvalue weighted by molar-refractivity contribution is 7.89. The van der Waals surface area contributed by atoms with E-state index in [0.717, 1.165) is 47.6 Å². The Balaban J connectivity index is 1.64. The molecule has 0 saturated carbocycles. The molecule has 3 heterocycles. The normalized spacial score (nSPS) is 19.4. The molecule has 2 aliphatic heterocycles. The molecule has 1 atom stereocenters. The van der Waals surface area contributed by atoms with Crippen molar-refractivity contribution in [3.05, 3.63) is 41.6 Å². The van der Waals surface area contributed by atoms with Crippen molar-refractivity contribution in [2.45, 2.75) is 25.7 Å². The van der Waals surface area contributed by atoms with Gasteiger partial charge in [-0.3, -0.25) is 4.79 Å². The first-order valence-corrected chi connectivity index (χ1v) is 12.7. The highest BCUT2D eigenvalue weighted by Crippen LogP contribution is 2.44. The predicted molar refractivity (Wildman–Crippen MR) is 128 cm³/mol. The van der Waals surface area contributed by atoms with Gasteiger partial charge >= 0.3 is 0 Å². The average molecular weight is 458 g/mol. The molecule has 0 radical (unpaired) electrons. The maximum Gasteiger partial charge on any atom is 0.250 e.